The highest BCUT2D eigenvalue weighted by Crippen LogP contribution is 2.33. The Bertz CT molecular complexity index is 929. The smallest absolute Gasteiger partial charge is 0.269 e. The van der Waals surface area contributed by atoms with Gasteiger partial charge in [-0.1, -0.05) is 42.0 Å². The lowest BCUT2D eigenvalue weighted by molar-refractivity contribution is -0.384. The molecule has 1 aromatic heterocycles. The molecule has 4 rings (SSSR count). The van der Waals surface area contributed by atoms with Crippen LogP contribution in [0.1, 0.15) is 34.8 Å². The number of benzene rings is 2. The molecule has 5 heteroatoms. The minimum Gasteiger partial charge on any atom is -0.350 e. The molecule has 1 aliphatic heterocycles. The lowest BCUT2D eigenvalue weighted by Gasteiger charge is -2.30. The molecule has 0 radical (unpaired) electrons. The Kier molecular flexibility index (Phi) is 4.77. The lowest BCUT2D eigenvalue weighted by Crippen LogP contribution is -2.29. The zero-order valence-corrected chi connectivity index (χ0v) is 15.4. The van der Waals surface area contributed by atoms with Gasteiger partial charge in [0.05, 0.1) is 11.0 Å². The second kappa shape index (κ2) is 7.37. The Morgan fingerprint density at radius 3 is 2.48 bits per heavy atom. The van der Waals surface area contributed by atoms with Crippen LogP contribution in [0, 0.1) is 17.0 Å². The second-order valence-corrected chi connectivity index (χ2v) is 7.19. The summed E-state index contributed by atoms with van der Waals surface area (Å²) in [6.45, 7) is 4.93. The lowest BCUT2D eigenvalue weighted by atomic mass is 10.0. The van der Waals surface area contributed by atoms with Gasteiger partial charge in [0.25, 0.3) is 5.69 Å². The molecule has 1 atom stereocenters. The first-order chi connectivity index (χ1) is 13.1. The van der Waals surface area contributed by atoms with Gasteiger partial charge in [-0.3, -0.25) is 15.0 Å². The van der Waals surface area contributed by atoms with E-state index in [9.17, 15) is 10.1 Å². The van der Waals surface area contributed by atoms with E-state index in [0.717, 1.165) is 31.6 Å². The highest BCUT2D eigenvalue weighted by molar-refractivity contribution is 5.38. The normalized spacial score (nSPS) is 17.3. The van der Waals surface area contributed by atoms with Gasteiger partial charge < -0.3 is 4.57 Å². The monoisotopic (exact) mass is 361 g/mol. The van der Waals surface area contributed by atoms with E-state index >= 15 is 0 Å². The zero-order chi connectivity index (χ0) is 18.8. The summed E-state index contributed by atoms with van der Waals surface area (Å²) < 4.78 is 2.31. The van der Waals surface area contributed by atoms with Crippen molar-refractivity contribution in [3.8, 4) is 0 Å². The fourth-order valence-electron chi connectivity index (χ4n) is 3.90. The van der Waals surface area contributed by atoms with Crippen LogP contribution < -0.4 is 0 Å². The van der Waals surface area contributed by atoms with E-state index in [4.69, 9.17) is 0 Å². The molecule has 27 heavy (non-hydrogen) atoms. The first-order valence-electron chi connectivity index (χ1n) is 9.31. The highest BCUT2D eigenvalue weighted by atomic mass is 16.6. The SMILES string of the molecule is Cc1ccc(CN2CCCn3cccc3[C@@H]2c2ccc([N+](=O)[O-])cc2)cc1. The molecule has 0 unspecified atom stereocenters. The van der Waals surface area contributed by atoms with Crippen LogP contribution in [0.5, 0.6) is 0 Å². The molecule has 0 bridgehead atoms. The summed E-state index contributed by atoms with van der Waals surface area (Å²) in [5.41, 5.74) is 5.01. The highest BCUT2D eigenvalue weighted by Gasteiger charge is 2.27. The zero-order valence-electron chi connectivity index (χ0n) is 15.4. The molecular formula is C22H23N3O2. The van der Waals surface area contributed by atoms with Crippen LogP contribution in [0.3, 0.4) is 0 Å². The summed E-state index contributed by atoms with van der Waals surface area (Å²) >= 11 is 0. The summed E-state index contributed by atoms with van der Waals surface area (Å²) in [6, 6.07) is 20.0. The molecule has 0 N–H and O–H groups in total. The molecule has 0 aliphatic carbocycles. The Balaban J connectivity index is 1.71. The number of hydrogen-bond donors (Lipinski definition) is 0. The van der Waals surface area contributed by atoms with Crippen molar-refractivity contribution < 1.29 is 4.92 Å². The molecule has 0 fully saturated rings. The summed E-state index contributed by atoms with van der Waals surface area (Å²) in [6.07, 6.45) is 3.21. The molecule has 1 aliphatic rings. The first-order valence-corrected chi connectivity index (χ1v) is 9.31. The van der Waals surface area contributed by atoms with Gasteiger partial charge in [0.1, 0.15) is 0 Å². The van der Waals surface area contributed by atoms with Crippen LogP contribution in [0.15, 0.2) is 66.9 Å². The van der Waals surface area contributed by atoms with E-state index in [0.29, 0.717) is 0 Å². The standard InChI is InChI=1S/C22H23N3O2/c1-17-5-7-18(8-6-17)16-24-15-3-14-23-13-2-4-21(23)22(24)19-9-11-20(12-10-19)25(26)27/h2,4-13,22H,3,14-16H2,1H3/t22-/m0/s1. The third kappa shape index (κ3) is 3.64. The summed E-state index contributed by atoms with van der Waals surface area (Å²) in [5, 5.41) is 11.0. The van der Waals surface area contributed by atoms with Crippen molar-refractivity contribution in [1.29, 1.82) is 0 Å². The van der Waals surface area contributed by atoms with E-state index in [-0.39, 0.29) is 16.7 Å². The van der Waals surface area contributed by atoms with E-state index in [1.165, 1.54) is 16.8 Å². The predicted molar refractivity (Wildman–Crippen MR) is 106 cm³/mol. The van der Waals surface area contributed by atoms with Crippen molar-refractivity contribution in [2.45, 2.75) is 32.5 Å². The van der Waals surface area contributed by atoms with E-state index in [2.05, 4.69) is 59.0 Å². The number of non-ortho nitro benzene ring substituents is 1. The summed E-state index contributed by atoms with van der Waals surface area (Å²) in [4.78, 5) is 13.2. The topological polar surface area (TPSA) is 51.3 Å². The van der Waals surface area contributed by atoms with Crippen molar-refractivity contribution >= 4 is 5.69 Å². The van der Waals surface area contributed by atoms with Gasteiger partial charge in [-0.2, -0.15) is 0 Å². The quantitative estimate of drug-likeness (QED) is 0.500. The number of hydrogen-bond acceptors (Lipinski definition) is 3. The number of rotatable bonds is 4. The average molecular weight is 361 g/mol. The fraction of sp³-hybridized carbons (Fsp3) is 0.273. The number of aryl methyl sites for hydroxylation is 2. The predicted octanol–water partition coefficient (Wildman–Crippen LogP) is 4.70. The summed E-state index contributed by atoms with van der Waals surface area (Å²) in [5.74, 6) is 0. The maximum atomic E-state index is 11.0. The van der Waals surface area contributed by atoms with Crippen LogP contribution in [-0.2, 0) is 13.1 Å². The van der Waals surface area contributed by atoms with Crippen LogP contribution in [-0.4, -0.2) is 20.9 Å². The van der Waals surface area contributed by atoms with Crippen molar-refractivity contribution in [2.75, 3.05) is 6.54 Å². The van der Waals surface area contributed by atoms with Crippen molar-refractivity contribution in [3.05, 3.63) is 99.4 Å². The number of nitrogens with zero attached hydrogens (tertiary/aromatic N) is 3. The average Bonchev–Trinajstić information content (AvgIpc) is 3.05. The largest absolute Gasteiger partial charge is 0.350 e. The molecule has 138 valence electrons. The number of nitro benzene ring substituents is 1. The van der Waals surface area contributed by atoms with Crippen molar-refractivity contribution in [2.24, 2.45) is 0 Å². The van der Waals surface area contributed by atoms with Crippen molar-refractivity contribution in [3.63, 3.8) is 0 Å². The summed E-state index contributed by atoms with van der Waals surface area (Å²) in [7, 11) is 0. The number of nitro groups is 1. The first kappa shape index (κ1) is 17.5. The second-order valence-electron chi connectivity index (χ2n) is 7.19. The molecule has 0 saturated heterocycles. The Hall–Kier alpha value is -2.92. The molecule has 0 saturated carbocycles. The van der Waals surface area contributed by atoms with Crippen LogP contribution in [0.2, 0.25) is 0 Å². The van der Waals surface area contributed by atoms with Gasteiger partial charge in [-0.05, 0) is 36.6 Å². The minimum atomic E-state index is -0.344. The molecule has 3 aromatic rings. The molecule has 0 amide bonds. The maximum Gasteiger partial charge on any atom is 0.269 e. The van der Waals surface area contributed by atoms with Crippen LogP contribution in [0.25, 0.3) is 0 Å². The van der Waals surface area contributed by atoms with E-state index in [1.807, 2.05) is 12.1 Å². The fourth-order valence-corrected chi connectivity index (χ4v) is 3.90. The van der Waals surface area contributed by atoms with E-state index in [1.54, 1.807) is 12.1 Å². The van der Waals surface area contributed by atoms with E-state index < -0.39 is 0 Å². The molecular weight excluding hydrogens is 338 g/mol. The van der Waals surface area contributed by atoms with Crippen molar-refractivity contribution in [1.82, 2.24) is 9.47 Å². The molecule has 0 spiro atoms. The third-order valence-electron chi connectivity index (χ3n) is 5.28. The number of fused-ring (bicyclic) bond motifs is 1. The van der Waals surface area contributed by atoms with Gasteiger partial charge in [0, 0.05) is 43.7 Å². The van der Waals surface area contributed by atoms with Gasteiger partial charge in [0.15, 0.2) is 0 Å². The molecule has 2 heterocycles. The Labute approximate surface area is 159 Å². The number of aromatic nitrogens is 1. The van der Waals surface area contributed by atoms with Gasteiger partial charge in [0.2, 0.25) is 0 Å². The molecule has 5 nitrogen and oxygen atoms in total. The third-order valence-corrected chi connectivity index (χ3v) is 5.28. The van der Waals surface area contributed by atoms with Gasteiger partial charge in [-0.15, -0.1) is 0 Å². The molecule has 2 aromatic carbocycles. The van der Waals surface area contributed by atoms with Crippen LogP contribution >= 0.6 is 0 Å². The van der Waals surface area contributed by atoms with Crippen LogP contribution in [0.4, 0.5) is 5.69 Å². The minimum absolute atomic E-state index is 0.0876. The maximum absolute atomic E-state index is 11.0. The van der Waals surface area contributed by atoms with Gasteiger partial charge >= 0.3 is 0 Å². The Morgan fingerprint density at radius 2 is 1.78 bits per heavy atom. The van der Waals surface area contributed by atoms with Gasteiger partial charge in [-0.25, -0.2) is 0 Å². The Morgan fingerprint density at radius 1 is 1.04 bits per heavy atom.